The number of ether oxygens (including phenoxy) is 1. The van der Waals surface area contributed by atoms with Crippen LogP contribution in [0.2, 0.25) is 0 Å². The molecular weight excluding hydrogens is 284 g/mol. The largest absolute Gasteiger partial charge is 0.462 e. The maximum absolute atomic E-state index is 11.9. The SMILES string of the molecule is CCCCCCCCC(CC)OC(=O)CCCCCCC(C)C. The summed E-state index contributed by atoms with van der Waals surface area (Å²) in [5.41, 5.74) is 0. The second-order valence-electron chi connectivity index (χ2n) is 7.42. The number of carbonyl (C=O) groups excluding carboxylic acids is 1. The summed E-state index contributed by atoms with van der Waals surface area (Å²) in [6, 6.07) is 0. The Morgan fingerprint density at radius 1 is 0.783 bits per heavy atom. The van der Waals surface area contributed by atoms with E-state index in [1.807, 2.05) is 0 Å². The Kier molecular flexibility index (Phi) is 16.0. The minimum Gasteiger partial charge on any atom is -0.462 e. The van der Waals surface area contributed by atoms with Crippen LogP contribution in [0.4, 0.5) is 0 Å². The summed E-state index contributed by atoms with van der Waals surface area (Å²) < 4.78 is 5.63. The fourth-order valence-electron chi connectivity index (χ4n) is 2.92. The molecule has 0 aromatic heterocycles. The lowest BCUT2D eigenvalue weighted by atomic mass is 10.0. The fourth-order valence-corrected chi connectivity index (χ4v) is 2.92. The molecule has 0 bridgehead atoms. The molecule has 0 fully saturated rings. The highest BCUT2D eigenvalue weighted by molar-refractivity contribution is 5.69. The molecule has 2 heteroatoms. The topological polar surface area (TPSA) is 26.3 Å². The minimum atomic E-state index is 0.0201. The number of rotatable bonds is 16. The van der Waals surface area contributed by atoms with E-state index in [1.165, 1.54) is 57.8 Å². The average Bonchev–Trinajstić information content (AvgIpc) is 2.52. The Hall–Kier alpha value is -0.530. The molecule has 0 saturated carbocycles. The van der Waals surface area contributed by atoms with E-state index in [-0.39, 0.29) is 12.1 Å². The van der Waals surface area contributed by atoms with Gasteiger partial charge in [0, 0.05) is 6.42 Å². The monoisotopic (exact) mass is 326 g/mol. The second kappa shape index (κ2) is 16.3. The van der Waals surface area contributed by atoms with Gasteiger partial charge < -0.3 is 4.74 Å². The number of hydrogen-bond acceptors (Lipinski definition) is 2. The van der Waals surface area contributed by atoms with E-state index in [1.54, 1.807) is 0 Å². The van der Waals surface area contributed by atoms with Crippen LogP contribution in [0, 0.1) is 5.92 Å². The summed E-state index contributed by atoms with van der Waals surface area (Å²) in [4.78, 5) is 11.9. The number of hydrogen-bond donors (Lipinski definition) is 0. The third-order valence-corrected chi connectivity index (χ3v) is 4.55. The first kappa shape index (κ1) is 22.5. The van der Waals surface area contributed by atoms with E-state index in [0.29, 0.717) is 6.42 Å². The molecule has 0 rings (SSSR count). The van der Waals surface area contributed by atoms with Crippen LogP contribution in [0.15, 0.2) is 0 Å². The second-order valence-corrected chi connectivity index (χ2v) is 7.42. The molecule has 1 atom stereocenters. The van der Waals surface area contributed by atoms with E-state index in [9.17, 15) is 4.79 Å². The number of carbonyl (C=O) groups is 1. The molecule has 0 spiro atoms. The molecule has 0 N–H and O–H groups in total. The van der Waals surface area contributed by atoms with Gasteiger partial charge in [0.05, 0.1) is 0 Å². The summed E-state index contributed by atoms with van der Waals surface area (Å²) in [7, 11) is 0. The molecule has 23 heavy (non-hydrogen) atoms. The van der Waals surface area contributed by atoms with Crippen LogP contribution in [0.3, 0.4) is 0 Å². The fraction of sp³-hybridized carbons (Fsp3) is 0.952. The molecule has 2 nitrogen and oxygen atoms in total. The van der Waals surface area contributed by atoms with Crippen molar-refractivity contribution in [1.29, 1.82) is 0 Å². The molecule has 0 heterocycles. The summed E-state index contributed by atoms with van der Waals surface area (Å²) in [6.07, 6.45) is 16.6. The Bertz CT molecular complexity index is 261. The highest BCUT2D eigenvalue weighted by Gasteiger charge is 2.12. The van der Waals surface area contributed by atoms with Crippen molar-refractivity contribution in [3.05, 3.63) is 0 Å². The lowest BCUT2D eigenvalue weighted by molar-refractivity contribution is -0.149. The van der Waals surface area contributed by atoms with Gasteiger partial charge >= 0.3 is 5.97 Å². The Morgan fingerprint density at radius 2 is 1.35 bits per heavy atom. The first-order valence-electron chi connectivity index (χ1n) is 10.3. The van der Waals surface area contributed by atoms with Gasteiger partial charge in [-0.3, -0.25) is 4.79 Å². The van der Waals surface area contributed by atoms with Gasteiger partial charge in [-0.15, -0.1) is 0 Å². The Morgan fingerprint density at radius 3 is 1.96 bits per heavy atom. The van der Waals surface area contributed by atoms with Crippen molar-refractivity contribution in [3.8, 4) is 0 Å². The molecule has 138 valence electrons. The number of unbranched alkanes of at least 4 members (excludes halogenated alkanes) is 8. The lowest BCUT2D eigenvalue weighted by Gasteiger charge is -2.16. The quantitative estimate of drug-likeness (QED) is 0.224. The van der Waals surface area contributed by atoms with Gasteiger partial charge in [-0.25, -0.2) is 0 Å². The van der Waals surface area contributed by atoms with Crippen LogP contribution in [0.1, 0.15) is 118 Å². The summed E-state index contributed by atoms with van der Waals surface area (Å²) >= 11 is 0. The van der Waals surface area contributed by atoms with E-state index >= 15 is 0 Å². The van der Waals surface area contributed by atoms with Crippen molar-refractivity contribution < 1.29 is 9.53 Å². The molecule has 1 unspecified atom stereocenters. The van der Waals surface area contributed by atoms with Gasteiger partial charge in [0.1, 0.15) is 6.10 Å². The van der Waals surface area contributed by atoms with Gasteiger partial charge in [0.25, 0.3) is 0 Å². The predicted molar refractivity (Wildman–Crippen MR) is 101 cm³/mol. The molecule has 0 aliphatic rings. The zero-order valence-corrected chi connectivity index (χ0v) is 16.4. The first-order chi connectivity index (χ1) is 11.1. The summed E-state index contributed by atoms with van der Waals surface area (Å²) in [6.45, 7) is 8.91. The maximum Gasteiger partial charge on any atom is 0.306 e. The van der Waals surface area contributed by atoms with Gasteiger partial charge in [-0.05, 0) is 31.6 Å². The third kappa shape index (κ3) is 16.1. The molecule has 0 aliphatic carbocycles. The molecule has 0 radical (unpaired) electrons. The summed E-state index contributed by atoms with van der Waals surface area (Å²) in [5.74, 6) is 0.818. The third-order valence-electron chi connectivity index (χ3n) is 4.55. The molecular formula is C21H42O2. The van der Waals surface area contributed by atoms with Gasteiger partial charge in [0.15, 0.2) is 0 Å². The highest BCUT2D eigenvalue weighted by atomic mass is 16.5. The number of esters is 1. The van der Waals surface area contributed by atoms with Crippen molar-refractivity contribution in [2.45, 2.75) is 124 Å². The van der Waals surface area contributed by atoms with Gasteiger partial charge in [-0.1, -0.05) is 85.5 Å². The lowest BCUT2D eigenvalue weighted by Crippen LogP contribution is -2.17. The Balaban J connectivity index is 3.56. The van der Waals surface area contributed by atoms with Crippen molar-refractivity contribution in [2.24, 2.45) is 5.92 Å². The van der Waals surface area contributed by atoms with Crippen LogP contribution in [-0.2, 0) is 9.53 Å². The van der Waals surface area contributed by atoms with Crippen molar-refractivity contribution in [1.82, 2.24) is 0 Å². The average molecular weight is 327 g/mol. The van der Waals surface area contributed by atoms with Crippen LogP contribution in [0.25, 0.3) is 0 Å². The van der Waals surface area contributed by atoms with Crippen molar-refractivity contribution in [3.63, 3.8) is 0 Å². The summed E-state index contributed by atoms with van der Waals surface area (Å²) in [5, 5.41) is 0. The van der Waals surface area contributed by atoms with Crippen molar-refractivity contribution >= 4 is 5.97 Å². The van der Waals surface area contributed by atoms with Crippen LogP contribution >= 0.6 is 0 Å². The van der Waals surface area contributed by atoms with Gasteiger partial charge in [-0.2, -0.15) is 0 Å². The Labute approximate surface area is 145 Å². The van der Waals surface area contributed by atoms with Gasteiger partial charge in [0.2, 0.25) is 0 Å². The van der Waals surface area contributed by atoms with Crippen molar-refractivity contribution in [2.75, 3.05) is 0 Å². The van der Waals surface area contributed by atoms with Crippen LogP contribution in [0.5, 0.6) is 0 Å². The van der Waals surface area contributed by atoms with Crippen LogP contribution < -0.4 is 0 Å². The standard InChI is InChI=1S/C21H42O2/c1-5-7-8-9-10-14-17-20(6-2)23-21(22)18-15-12-11-13-16-19(3)4/h19-20H,5-18H2,1-4H3. The zero-order valence-electron chi connectivity index (χ0n) is 16.4. The van der Waals surface area contributed by atoms with E-state index in [4.69, 9.17) is 4.74 Å². The zero-order chi connectivity index (χ0) is 17.3. The minimum absolute atomic E-state index is 0.0201. The van der Waals surface area contributed by atoms with Crippen LogP contribution in [-0.4, -0.2) is 12.1 Å². The molecule has 0 saturated heterocycles. The maximum atomic E-state index is 11.9. The smallest absolute Gasteiger partial charge is 0.306 e. The molecule has 0 aromatic rings. The van der Waals surface area contributed by atoms with E-state index < -0.39 is 0 Å². The first-order valence-corrected chi connectivity index (χ1v) is 10.3. The van der Waals surface area contributed by atoms with E-state index in [2.05, 4.69) is 27.7 Å². The predicted octanol–water partition coefficient (Wildman–Crippen LogP) is 7.06. The normalized spacial score (nSPS) is 12.6. The molecule has 0 aliphatic heterocycles. The van der Waals surface area contributed by atoms with E-state index in [0.717, 1.165) is 31.6 Å². The molecule has 0 aromatic carbocycles. The molecule has 0 amide bonds. The highest BCUT2D eigenvalue weighted by Crippen LogP contribution is 2.15.